The Bertz CT molecular complexity index is 862. The number of esters is 1. The number of aromatic nitrogens is 2. The zero-order valence-electron chi connectivity index (χ0n) is 15.0. The molecule has 0 spiro atoms. The van der Waals surface area contributed by atoms with Gasteiger partial charge in [0, 0.05) is 37.2 Å². The summed E-state index contributed by atoms with van der Waals surface area (Å²) in [5.74, 6) is -0.979. The summed E-state index contributed by atoms with van der Waals surface area (Å²) in [4.78, 5) is 25.9. The minimum absolute atomic E-state index is 0.113. The Kier molecular flexibility index (Phi) is 5.57. The van der Waals surface area contributed by atoms with Gasteiger partial charge in [0.1, 0.15) is 5.75 Å². The highest BCUT2D eigenvalue weighted by Gasteiger charge is 2.31. The van der Waals surface area contributed by atoms with Crippen LogP contribution in [-0.2, 0) is 28.9 Å². The number of hydrogen-bond donors (Lipinski definition) is 1. The van der Waals surface area contributed by atoms with Crippen LogP contribution >= 0.6 is 0 Å². The largest absolute Gasteiger partial charge is 0.573 e. The minimum Gasteiger partial charge on any atom is -0.464 e. The first-order valence-corrected chi connectivity index (χ1v) is 8.53. The lowest BCUT2D eigenvalue weighted by Gasteiger charge is -2.27. The van der Waals surface area contributed by atoms with E-state index in [4.69, 9.17) is 4.74 Å². The van der Waals surface area contributed by atoms with E-state index in [1.165, 1.54) is 31.4 Å². The lowest BCUT2D eigenvalue weighted by Crippen LogP contribution is -2.36. The first-order chi connectivity index (χ1) is 13.3. The fraction of sp³-hybridized carbons (Fsp3) is 0.389. The van der Waals surface area contributed by atoms with Crippen molar-refractivity contribution in [3.63, 3.8) is 0 Å². The number of nitrogens with zero attached hydrogens (tertiary/aromatic N) is 2. The third-order valence-electron chi connectivity index (χ3n) is 4.45. The molecule has 0 saturated heterocycles. The third kappa shape index (κ3) is 4.62. The van der Waals surface area contributed by atoms with E-state index in [9.17, 15) is 22.8 Å². The average molecular weight is 397 g/mol. The molecule has 3 rings (SSSR count). The summed E-state index contributed by atoms with van der Waals surface area (Å²) in [6, 6.07) is 5.42. The first kappa shape index (κ1) is 19.7. The molecule has 0 unspecified atom stereocenters. The summed E-state index contributed by atoms with van der Waals surface area (Å²) < 4.78 is 45.0. The molecule has 1 aromatic carbocycles. The summed E-state index contributed by atoms with van der Waals surface area (Å²) in [6.45, 7) is 0.750. The van der Waals surface area contributed by atoms with Gasteiger partial charge in [0.25, 0.3) is 0 Å². The fourth-order valence-electron chi connectivity index (χ4n) is 3.04. The summed E-state index contributed by atoms with van der Waals surface area (Å²) in [5, 5.41) is 6.76. The van der Waals surface area contributed by atoms with Gasteiger partial charge in [-0.2, -0.15) is 5.10 Å². The predicted molar refractivity (Wildman–Crippen MR) is 90.5 cm³/mol. The van der Waals surface area contributed by atoms with Gasteiger partial charge in [0.05, 0.1) is 7.11 Å². The number of amides is 1. The second-order valence-corrected chi connectivity index (χ2v) is 6.28. The third-order valence-corrected chi connectivity index (χ3v) is 4.45. The minimum atomic E-state index is -4.74. The summed E-state index contributed by atoms with van der Waals surface area (Å²) in [5.41, 5.74) is 2.36. The fourth-order valence-corrected chi connectivity index (χ4v) is 3.04. The monoisotopic (exact) mass is 397 g/mol. The van der Waals surface area contributed by atoms with E-state index in [0.29, 0.717) is 24.9 Å². The molecule has 0 bridgehead atoms. The molecule has 0 fully saturated rings. The number of nitrogens with one attached hydrogen (secondary N) is 1. The molecule has 10 heteroatoms. The molecule has 0 radical (unpaired) electrons. The van der Waals surface area contributed by atoms with Gasteiger partial charge < -0.3 is 14.4 Å². The maximum Gasteiger partial charge on any atom is 0.573 e. The molecular formula is C18H18F3N3O4. The van der Waals surface area contributed by atoms with E-state index in [0.717, 1.165) is 11.3 Å². The molecule has 1 N–H and O–H groups in total. The molecule has 28 heavy (non-hydrogen) atoms. The van der Waals surface area contributed by atoms with E-state index in [2.05, 4.69) is 14.9 Å². The van der Waals surface area contributed by atoms with Gasteiger partial charge in [-0.3, -0.25) is 9.89 Å². The Morgan fingerprint density at radius 3 is 2.61 bits per heavy atom. The highest BCUT2D eigenvalue weighted by atomic mass is 19.4. The van der Waals surface area contributed by atoms with Gasteiger partial charge in [0.15, 0.2) is 5.69 Å². The lowest BCUT2D eigenvalue weighted by molar-refractivity contribution is -0.274. The number of carbonyl (C=O) groups excluding carboxylic acids is 2. The molecule has 1 aliphatic heterocycles. The number of aromatic amines is 1. The number of methoxy groups -OCH3 is 1. The molecule has 1 amide bonds. The van der Waals surface area contributed by atoms with Crippen molar-refractivity contribution in [1.29, 1.82) is 0 Å². The van der Waals surface area contributed by atoms with Crippen LogP contribution in [0.4, 0.5) is 13.2 Å². The van der Waals surface area contributed by atoms with Gasteiger partial charge in [-0.15, -0.1) is 13.2 Å². The molecule has 0 aliphatic carbocycles. The number of carbonyl (C=O) groups is 2. The first-order valence-electron chi connectivity index (χ1n) is 8.53. The number of fused-ring (bicyclic) bond motifs is 1. The number of H-pyrrole nitrogens is 1. The standard InChI is InChI=1S/C18H18F3N3O4/c1-27-17(26)16-13-10-24(9-8-14(13)22-23-16)15(25)7-4-11-2-5-12(6-3-11)28-18(19,20)21/h2-3,5-6H,4,7-10H2,1H3,(H,22,23). The van der Waals surface area contributed by atoms with Crippen molar-refractivity contribution >= 4 is 11.9 Å². The van der Waals surface area contributed by atoms with Crippen LogP contribution in [-0.4, -0.2) is 47.0 Å². The van der Waals surface area contributed by atoms with Gasteiger partial charge >= 0.3 is 12.3 Å². The number of ether oxygens (including phenoxy) is 2. The van der Waals surface area contributed by atoms with Crippen molar-refractivity contribution in [2.45, 2.75) is 32.2 Å². The Hall–Kier alpha value is -3.04. The van der Waals surface area contributed by atoms with Crippen LogP contribution in [0.3, 0.4) is 0 Å². The molecule has 0 atom stereocenters. The molecule has 1 aromatic heterocycles. The van der Waals surface area contributed by atoms with Crippen molar-refractivity contribution in [2.24, 2.45) is 0 Å². The van der Waals surface area contributed by atoms with Crippen molar-refractivity contribution in [3.05, 3.63) is 46.8 Å². The molecule has 2 aromatic rings. The van der Waals surface area contributed by atoms with Crippen LogP contribution in [0.2, 0.25) is 0 Å². The van der Waals surface area contributed by atoms with Crippen LogP contribution < -0.4 is 4.74 Å². The van der Waals surface area contributed by atoms with Crippen LogP contribution in [0.15, 0.2) is 24.3 Å². The number of benzene rings is 1. The zero-order chi connectivity index (χ0) is 20.3. The van der Waals surface area contributed by atoms with Gasteiger partial charge in [-0.05, 0) is 24.1 Å². The number of hydrogen-bond acceptors (Lipinski definition) is 5. The summed E-state index contributed by atoms with van der Waals surface area (Å²) in [7, 11) is 1.26. The highest BCUT2D eigenvalue weighted by molar-refractivity contribution is 5.89. The number of rotatable bonds is 5. The Morgan fingerprint density at radius 2 is 1.96 bits per heavy atom. The summed E-state index contributed by atoms with van der Waals surface area (Å²) >= 11 is 0. The molecule has 0 saturated carbocycles. The van der Waals surface area contributed by atoms with Crippen molar-refractivity contribution in [2.75, 3.05) is 13.7 Å². The van der Waals surface area contributed by atoms with Crippen LogP contribution in [0.5, 0.6) is 5.75 Å². The normalized spacial score (nSPS) is 13.8. The topological polar surface area (TPSA) is 84.5 Å². The Morgan fingerprint density at radius 1 is 1.25 bits per heavy atom. The second-order valence-electron chi connectivity index (χ2n) is 6.28. The number of aryl methyl sites for hydroxylation is 1. The lowest BCUT2D eigenvalue weighted by atomic mass is 10.0. The maximum absolute atomic E-state index is 12.5. The van der Waals surface area contributed by atoms with E-state index >= 15 is 0 Å². The Balaban J connectivity index is 1.57. The Labute approximate surface area is 158 Å². The van der Waals surface area contributed by atoms with E-state index < -0.39 is 12.3 Å². The van der Waals surface area contributed by atoms with Gasteiger partial charge in [-0.25, -0.2) is 4.79 Å². The molecule has 150 valence electrons. The zero-order valence-corrected chi connectivity index (χ0v) is 15.0. The second kappa shape index (κ2) is 7.91. The van der Waals surface area contributed by atoms with Crippen LogP contribution in [0.25, 0.3) is 0 Å². The maximum atomic E-state index is 12.5. The van der Waals surface area contributed by atoms with E-state index in [1.807, 2.05) is 0 Å². The van der Waals surface area contributed by atoms with Gasteiger partial charge in [0.2, 0.25) is 5.91 Å². The highest BCUT2D eigenvalue weighted by Crippen LogP contribution is 2.24. The number of alkyl halides is 3. The summed E-state index contributed by atoms with van der Waals surface area (Å²) in [6.07, 6.45) is -3.61. The quantitative estimate of drug-likeness (QED) is 0.784. The van der Waals surface area contributed by atoms with Crippen LogP contribution in [0.1, 0.15) is 33.7 Å². The predicted octanol–water partition coefficient (Wildman–Crippen LogP) is 2.61. The molecular weight excluding hydrogens is 379 g/mol. The smallest absolute Gasteiger partial charge is 0.464 e. The average Bonchev–Trinajstić information content (AvgIpc) is 3.08. The van der Waals surface area contributed by atoms with Crippen molar-refractivity contribution in [1.82, 2.24) is 15.1 Å². The number of halogens is 3. The molecule has 2 heterocycles. The van der Waals surface area contributed by atoms with Crippen LogP contribution in [0, 0.1) is 0 Å². The van der Waals surface area contributed by atoms with Gasteiger partial charge in [-0.1, -0.05) is 12.1 Å². The van der Waals surface area contributed by atoms with E-state index in [-0.39, 0.29) is 30.3 Å². The van der Waals surface area contributed by atoms with E-state index in [1.54, 1.807) is 4.90 Å². The molecule has 1 aliphatic rings. The van der Waals surface area contributed by atoms with Crippen molar-refractivity contribution in [3.8, 4) is 5.75 Å². The molecule has 7 nitrogen and oxygen atoms in total. The van der Waals surface area contributed by atoms with Crippen molar-refractivity contribution < 1.29 is 32.2 Å². The SMILES string of the molecule is COC(=O)c1n[nH]c2c1CN(C(=O)CCc1ccc(OC(F)(F)F)cc1)CC2.